The molecule has 5 nitrogen and oxygen atoms in total. The minimum atomic E-state index is -3.86. The Morgan fingerprint density at radius 3 is 2.46 bits per heavy atom. The maximum Gasteiger partial charge on any atom is 0.243 e. The van der Waals surface area contributed by atoms with Crippen molar-refractivity contribution >= 4 is 27.7 Å². The van der Waals surface area contributed by atoms with Gasteiger partial charge in [-0.3, -0.25) is 4.79 Å². The van der Waals surface area contributed by atoms with Gasteiger partial charge in [-0.25, -0.2) is 12.8 Å². The van der Waals surface area contributed by atoms with Gasteiger partial charge in [0.15, 0.2) is 0 Å². The molecule has 2 aromatic carbocycles. The summed E-state index contributed by atoms with van der Waals surface area (Å²) in [5.41, 5.74) is 0.954. The summed E-state index contributed by atoms with van der Waals surface area (Å²) in [4.78, 5) is 13.9. The lowest BCUT2D eigenvalue weighted by Crippen LogP contribution is -2.51. The topological polar surface area (TPSA) is 66.5 Å². The first-order chi connectivity index (χ1) is 13.4. The summed E-state index contributed by atoms with van der Waals surface area (Å²) < 4.78 is 40.4. The number of nitrogens with zero attached hydrogens (tertiary/aromatic N) is 1. The molecule has 1 N–H and O–H groups in total. The third-order valence-corrected chi connectivity index (χ3v) is 7.47. The SMILES string of the molecule is CSc1ccc(CNC(=O)C2CCCCN2S(=O)(=O)c2ccc(F)cc2)cc1. The summed E-state index contributed by atoms with van der Waals surface area (Å²) in [5, 5.41) is 2.86. The molecule has 1 atom stereocenters. The van der Waals surface area contributed by atoms with Gasteiger partial charge in [0, 0.05) is 18.0 Å². The van der Waals surface area contributed by atoms with Crippen molar-refractivity contribution in [3.8, 4) is 0 Å². The van der Waals surface area contributed by atoms with Gasteiger partial charge in [0.25, 0.3) is 0 Å². The molecule has 2 aromatic rings. The lowest BCUT2D eigenvalue weighted by Gasteiger charge is -2.33. The molecule has 0 radical (unpaired) electrons. The number of carbonyl (C=O) groups is 1. The van der Waals surface area contributed by atoms with Crippen molar-refractivity contribution in [2.24, 2.45) is 0 Å². The molecule has 28 heavy (non-hydrogen) atoms. The van der Waals surface area contributed by atoms with Crippen molar-refractivity contribution in [2.45, 2.75) is 41.6 Å². The van der Waals surface area contributed by atoms with Crippen LogP contribution in [0.5, 0.6) is 0 Å². The first kappa shape index (κ1) is 20.8. The van der Waals surface area contributed by atoms with Crippen molar-refractivity contribution in [3.05, 3.63) is 59.9 Å². The van der Waals surface area contributed by atoms with E-state index in [0.29, 0.717) is 19.4 Å². The maximum atomic E-state index is 13.2. The molecule has 8 heteroatoms. The van der Waals surface area contributed by atoms with Crippen LogP contribution >= 0.6 is 11.8 Å². The van der Waals surface area contributed by atoms with Crippen LogP contribution in [-0.2, 0) is 21.4 Å². The lowest BCUT2D eigenvalue weighted by atomic mass is 10.0. The van der Waals surface area contributed by atoms with E-state index in [1.807, 2.05) is 30.5 Å². The van der Waals surface area contributed by atoms with Gasteiger partial charge >= 0.3 is 0 Å². The average molecular weight is 423 g/mol. The summed E-state index contributed by atoms with van der Waals surface area (Å²) in [7, 11) is -3.86. The van der Waals surface area contributed by atoms with E-state index in [1.54, 1.807) is 11.8 Å². The Labute approximate surface area is 169 Å². The molecule has 0 spiro atoms. The molecular weight excluding hydrogens is 399 g/mol. The van der Waals surface area contributed by atoms with Crippen LogP contribution in [0, 0.1) is 5.82 Å². The minimum absolute atomic E-state index is 0.00116. The fourth-order valence-corrected chi connectivity index (χ4v) is 5.31. The molecule has 1 aliphatic rings. The molecule has 150 valence electrons. The zero-order valence-electron chi connectivity index (χ0n) is 15.6. The van der Waals surface area contributed by atoms with Crippen LogP contribution in [0.2, 0.25) is 0 Å². The van der Waals surface area contributed by atoms with Gasteiger partial charge in [-0.1, -0.05) is 18.6 Å². The number of carbonyl (C=O) groups excluding carboxylic acids is 1. The molecule has 1 amide bonds. The number of hydrogen-bond acceptors (Lipinski definition) is 4. The van der Waals surface area contributed by atoms with Gasteiger partial charge in [0.1, 0.15) is 11.9 Å². The number of piperidine rings is 1. The first-order valence-corrected chi connectivity index (χ1v) is 11.8. The first-order valence-electron chi connectivity index (χ1n) is 9.10. The van der Waals surface area contributed by atoms with E-state index < -0.39 is 21.9 Å². The second-order valence-electron chi connectivity index (χ2n) is 6.65. The summed E-state index contributed by atoms with van der Waals surface area (Å²) in [6, 6.07) is 11.8. The van der Waals surface area contributed by atoms with E-state index in [-0.39, 0.29) is 17.3 Å². The number of amides is 1. The van der Waals surface area contributed by atoms with Crippen LogP contribution in [0.15, 0.2) is 58.3 Å². The van der Waals surface area contributed by atoms with Gasteiger partial charge in [-0.2, -0.15) is 4.31 Å². The Kier molecular flexibility index (Phi) is 6.74. The van der Waals surface area contributed by atoms with Crippen molar-refractivity contribution in [1.29, 1.82) is 0 Å². The fourth-order valence-electron chi connectivity index (χ4n) is 3.25. The number of hydrogen-bond donors (Lipinski definition) is 1. The van der Waals surface area contributed by atoms with Crippen LogP contribution < -0.4 is 5.32 Å². The third kappa shape index (κ3) is 4.74. The monoisotopic (exact) mass is 422 g/mol. The van der Waals surface area contributed by atoms with Gasteiger partial charge in [0.05, 0.1) is 4.90 Å². The van der Waals surface area contributed by atoms with Crippen LogP contribution in [0.25, 0.3) is 0 Å². The number of thioether (sulfide) groups is 1. The van der Waals surface area contributed by atoms with E-state index >= 15 is 0 Å². The lowest BCUT2D eigenvalue weighted by molar-refractivity contribution is -0.125. The molecule has 1 aliphatic heterocycles. The fraction of sp³-hybridized carbons (Fsp3) is 0.350. The zero-order valence-corrected chi connectivity index (χ0v) is 17.2. The average Bonchev–Trinajstić information content (AvgIpc) is 2.72. The number of halogens is 1. The second kappa shape index (κ2) is 9.07. The Balaban J connectivity index is 1.72. The highest BCUT2D eigenvalue weighted by Gasteiger charge is 2.37. The standard InChI is InChI=1S/C20H23FN2O3S2/c1-27-17-9-5-15(6-10-17)14-22-20(24)19-4-2-3-13-23(19)28(25,26)18-11-7-16(21)8-12-18/h5-12,19H,2-4,13-14H2,1H3,(H,22,24). The molecular formula is C20H23FN2O3S2. The predicted octanol–water partition coefficient (Wildman–Crippen LogP) is 3.41. The van der Waals surface area contributed by atoms with Gasteiger partial charge in [-0.15, -0.1) is 11.8 Å². The molecule has 0 aliphatic carbocycles. The van der Waals surface area contributed by atoms with E-state index in [4.69, 9.17) is 0 Å². The normalized spacial score (nSPS) is 18.0. The largest absolute Gasteiger partial charge is 0.351 e. The van der Waals surface area contributed by atoms with Crippen LogP contribution in [0.4, 0.5) is 4.39 Å². The summed E-state index contributed by atoms with van der Waals surface area (Å²) in [5.74, 6) is -0.807. The van der Waals surface area contributed by atoms with Crippen LogP contribution in [0.1, 0.15) is 24.8 Å². The number of benzene rings is 2. The smallest absolute Gasteiger partial charge is 0.243 e. The van der Waals surface area contributed by atoms with Crippen molar-refractivity contribution in [2.75, 3.05) is 12.8 Å². The molecule has 1 heterocycles. The van der Waals surface area contributed by atoms with Gasteiger partial charge in [0.2, 0.25) is 15.9 Å². The van der Waals surface area contributed by atoms with Gasteiger partial charge < -0.3 is 5.32 Å². The number of rotatable bonds is 6. The molecule has 1 saturated heterocycles. The highest BCUT2D eigenvalue weighted by atomic mass is 32.2. The van der Waals surface area contributed by atoms with E-state index in [2.05, 4.69) is 5.32 Å². The third-order valence-electron chi connectivity index (χ3n) is 4.80. The molecule has 0 aromatic heterocycles. The quantitative estimate of drug-likeness (QED) is 0.725. The van der Waals surface area contributed by atoms with Crippen LogP contribution in [0.3, 0.4) is 0 Å². The highest BCUT2D eigenvalue weighted by Crippen LogP contribution is 2.26. The number of sulfonamides is 1. The second-order valence-corrected chi connectivity index (χ2v) is 9.42. The highest BCUT2D eigenvalue weighted by molar-refractivity contribution is 7.98. The van der Waals surface area contributed by atoms with E-state index in [9.17, 15) is 17.6 Å². The predicted molar refractivity (Wildman–Crippen MR) is 108 cm³/mol. The van der Waals surface area contributed by atoms with E-state index in [1.165, 1.54) is 16.4 Å². The zero-order chi connectivity index (χ0) is 20.1. The Hall–Kier alpha value is -1.90. The Morgan fingerprint density at radius 1 is 1.14 bits per heavy atom. The Morgan fingerprint density at radius 2 is 1.82 bits per heavy atom. The summed E-state index contributed by atoms with van der Waals surface area (Å²) in [6.45, 7) is 0.620. The molecule has 0 bridgehead atoms. The molecule has 3 rings (SSSR count). The van der Waals surface area contributed by atoms with Crippen molar-refractivity contribution < 1.29 is 17.6 Å². The minimum Gasteiger partial charge on any atom is -0.351 e. The summed E-state index contributed by atoms with van der Waals surface area (Å²) in [6.07, 6.45) is 3.95. The van der Waals surface area contributed by atoms with Crippen molar-refractivity contribution in [3.63, 3.8) is 0 Å². The Bertz CT molecular complexity index is 915. The maximum absolute atomic E-state index is 13.2. The molecule has 0 saturated carbocycles. The van der Waals surface area contributed by atoms with Gasteiger partial charge in [-0.05, 0) is 61.1 Å². The summed E-state index contributed by atoms with van der Waals surface area (Å²) >= 11 is 1.64. The number of nitrogens with one attached hydrogen (secondary N) is 1. The van der Waals surface area contributed by atoms with Crippen molar-refractivity contribution in [1.82, 2.24) is 9.62 Å². The van der Waals surface area contributed by atoms with Crippen LogP contribution in [-0.4, -0.2) is 37.5 Å². The molecule has 1 unspecified atom stereocenters. The van der Waals surface area contributed by atoms with E-state index in [0.717, 1.165) is 29.0 Å². The molecule has 1 fully saturated rings.